The van der Waals surface area contributed by atoms with Gasteiger partial charge < -0.3 is 10.2 Å². The summed E-state index contributed by atoms with van der Waals surface area (Å²) >= 11 is 0. The summed E-state index contributed by atoms with van der Waals surface area (Å²) < 4.78 is 0. The maximum atomic E-state index is 9.39. The highest BCUT2D eigenvalue weighted by molar-refractivity contribution is 4.59. The van der Waals surface area contributed by atoms with Crippen LogP contribution in [0.25, 0.3) is 0 Å². The number of aliphatic hydroxyl groups excluding tert-OH is 2. The summed E-state index contributed by atoms with van der Waals surface area (Å²) in [5, 5.41) is 18.1. The summed E-state index contributed by atoms with van der Waals surface area (Å²) in [6.07, 6.45) is 17.7. The van der Waals surface area contributed by atoms with Gasteiger partial charge in [-0.3, -0.25) is 0 Å². The fraction of sp³-hybridized carbons (Fsp3) is 1.00. The molecular formula is C18H38O2. The first kappa shape index (κ1) is 19.9. The molecule has 1 atom stereocenters. The molecule has 0 amide bonds. The average molecular weight is 286 g/mol. The van der Waals surface area contributed by atoms with Gasteiger partial charge >= 0.3 is 0 Å². The molecule has 0 bridgehead atoms. The molecule has 0 aliphatic heterocycles. The zero-order chi connectivity index (χ0) is 14.9. The summed E-state index contributed by atoms with van der Waals surface area (Å²) in [6, 6.07) is 0. The van der Waals surface area contributed by atoms with Crippen molar-refractivity contribution in [2.75, 3.05) is 13.2 Å². The number of hydrogen-bond acceptors (Lipinski definition) is 2. The molecule has 0 radical (unpaired) electrons. The second kappa shape index (κ2) is 17.0. The van der Waals surface area contributed by atoms with E-state index in [1.165, 1.54) is 83.5 Å². The molecule has 1 unspecified atom stereocenters. The zero-order valence-corrected chi connectivity index (χ0v) is 13.8. The van der Waals surface area contributed by atoms with Crippen molar-refractivity contribution in [1.82, 2.24) is 0 Å². The second-order valence-corrected chi connectivity index (χ2v) is 6.24. The van der Waals surface area contributed by atoms with E-state index in [-0.39, 0.29) is 0 Å². The Hall–Kier alpha value is -0.0800. The lowest BCUT2D eigenvalue weighted by Gasteiger charge is -2.13. The average Bonchev–Trinajstić information content (AvgIpc) is 2.47. The lowest BCUT2D eigenvalue weighted by molar-refractivity contribution is 0.204. The van der Waals surface area contributed by atoms with Gasteiger partial charge in [0.2, 0.25) is 0 Å². The van der Waals surface area contributed by atoms with Crippen molar-refractivity contribution in [2.24, 2.45) is 5.92 Å². The number of rotatable bonds is 16. The van der Waals surface area contributed by atoms with Crippen LogP contribution in [0.1, 0.15) is 96.8 Å². The van der Waals surface area contributed by atoms with Gasteiger partial charge in [-0.15, -0.1) is 0 Å². The monoisotopic (exact) mass is 286 g/mol. The summed E-state index contributed by atoms with van der Waals surface area (Å²) in [6.45, 7) is 2.97. The van der Waals surface area contributed by atoms with E-state index in [4.69, 9.17) is 5.11 Å². The lowest BCUT2D eigenvalue weighted by Crippen LogP contribution is -2.06. The smallest absolute Gasteiger partial charge is 0.0459 e. The molecule has 2 heteroatoms. The molecule has 0 spiro atoms. The first-order chi connectivity index (χ1) is 9.85. The van der Waals surface area contributed by atoms with E-state index in [9.17, 15) is 5.11 Å². The van der Waals surface area contributed by atoms with Crippen molar-refractivity contribution in [3.05, 3.63) is 0 Å². The minimum absolute atomic E-state index is 0.348. The largest absolute Gasteiger partial charge is 0.396 e. The molecule has 0 aromatic heterocycles. The maximum absolute atomic E-state index is 9.39. The standard InChI is InChI=1S/C18H38O2/c1-2-3-4-11-14-18(17-20)15-12-9-7-5-6-8-10-13-16-19/h18-20H,2-17H2,1H3. The third-order valence-corrected chi connectivity index (χ3v) is 4.24. The van der Waals surface area contributed by atoms with Gasteiger partial charge in [-0.2, -0.15) is 0 Å². The van der Waals surface area contributed by atoms with Crippen molar-refractivity contribution in [3.8, 4) is 0 Å². The van der Waals surface area contributed by atoms with Crippen LogP contribution in [0.3, 0.4) is 0 Å². The van der Waals surface area contributed by atoms with Gasteiger partial charge in [-0.05, 0) is 25.2 Å². The van der Waals surface area contributed by atoms with E-state index < -0.39 is 0 Å². The van der Waals surface area contributed by atoms with Crippen LogP contribution in [0, 0.1) is 5.92 Å². The molecule has 0 saturated heterocycles. The van der Waals surface area contributed by atoms with Crippen LogP contribution >= 0.6 is 0 Å². The van der Waals surface area contributed by atoms with Gasteiger partial charge in [0, 0.05) is 13.2 Å². The highest BCUT2D eigenvalue weighted by atomic mass is 16.3. The van der Waals surface area contributed by atoms with Crippen LogP contribution in [-0.2, 0) is 0 Å². The fourth-order valence-electron chi connectivity index (χ4n) is 2.79. The van der Waals surface area contributed by atoms with Crippen molar-refractivity contribution < 1.29 is 10.2 Å². The van der Waals surface area contributed by atoms with Gasteiger partial charge in [-0.25, -0.2) is 0 Å². The highest BCUT2D eigenvalue weighted by Gasteiger charge is 2.06. The molecule has 0 aliphatic carbocycles. The predicted molar refractivity (Wildman–Crippen MR) is 88.0 cm³/mol. The summed E-state index contributed by atoms with van der Waals surface area (Å²) in [5.41, 5.74) is 0. The molecule has 2 nitrogen and oxygen atoms in total. The number of aliphatic hydroxyl groups is 2. The molecule has 0 rings (SSSR count). The highest BCUT2D eigenvalue weighted by Crippen LogP contribution is 2.18. The van der Waals surface area contributed by atoms with Crippen LogP contribution in [0.4, 0.5) is 0 Å². The van der Waals surface area contributed by atoms with Crippen molar-refractivity contribution in [2.45, 2.75) is 96.8 Å². The Bertz CT molecular complexity index is 171. The third kappa shape index (κ3) is 14.3. The van der Waals surface area contributed by atoms with Crippen LogP contribution in [0.5, 0.6) is 0 Å². The summed E-state index contributed by atoms with van der Waals surface area (Å²) in [5.74, 6) is 0.552. The van der Waals surface area contributed by atoms with E-state index in [0.29, 0.717) is 19.1 Å². The van der Waals surface area contributed by atoms with Gasteiger partial charge in [0.25, 0.3) is 0 Å². The minimum atomic E-state index is 0.348. The molecule has 20 heavy (non-hydrogen) atoms. The Morgan fingerprint density at radius 1 is 0.600 bits per heavy atom. The third-order valence-electron chi connectivity index (χ3n) is 4.24. The van der Waals surface area contributed by atoms with Gasteiger partial charge in [-0.1, -0.05) is 77.6 Å². The van der Waals surface area contributed by atoms with E-state index in [2.05, 4.69) is 6.92 Å². The van der Waals surface area contributed by atoms with Gasteiger partial charge in [0.15, 0.2) is 0 Å². The molecule has 0 aliphatic rings. The van der Waals surface area contributed by atoms with Crippen LogP contribution in [0.15, 0.2) is 0 Å². The fourth-order valence-corrected chi connectivity index (χ4v) is 2.79. The summed E-state index contributed by atoms with van der Waals surface area (Å²) in [7, 11) is 0. The maximum Gasteiger partial charge on any atom is 0.0459 e. The molecule has 0 fully saturated rings. The van der Waals surface area contributed by atoms with Crippen LogP contribution in [0.2, 0.25) is 0 Å². The van der Waals surface area contributed by atoms with Crippen molar-refractivity contribution in [1.29, 1.82) is 0 Å². The van der Waals surface area contributed by atoms with E-state index in [1.54, 1.807) is 0 Å². The SMILES string of the molecule is CCCCCCC(CO)CCCCCCCCCCO. The van der Waals surface area contributed by atoms with E-state index >= 15 is 0 Å². The van der Waals surface area contributed by atoms with Crippen molar-refractivity contribution in [3.63, 3.8) is 0 Å². The van der Waals surface area contributed by atoms with E-state index in [1.807, 2.05) is 0 Å². The van der Waals surface area contributed by atoms with Crippen molar-refractivity contribution >= 4 is 0 Å². The summed E-state index contributed by atoms with van der Waals surface area (Å²) in [4.78, 5) is 0. The normalized spacial score (nSPS) is 12.8. The van der Waals surface area contributed by atoms with Crippen LogP contribution < -0.4 is 0 Å². The minimum Gasteiger partial charge on any atom is -0.396 e. The zero-order valence-electron chi connectivity index (χ0n) is 13.8. The molecule has 0 heterocycles. The molecule has 0 aromatic rings. The second-order valence-electron chi connectivity index (χ2n) is 6.24. The Morgan fingerprint density at radius 3 is 1.50 bits per heavy atom. The predicted octanol–water partition coefficient (Wildman–Crippen LogP) is 5.07. The number of hydrogen-bond donors (Lipinski definition) is 2. The molecular weight excluding hydrogens is 248 g/mol. The lowest BCUT2D eigenvalue weighted by atomic mass is 9.95. The van der Waals surface area contributed by atoms with E-state index in [0.717, 1.165) is 6.42 Å². The Balaban J connectivity index is 3.24. The molecule has 122 valence electrons. The molecule has 0 saturated carbocycles. The van der Waals surface area contributed by atoms with Gasteiger partial charge in [0.05, 0.1) is 0 Å². The first-order valence-electron chi connectivity index (χ1n) is 9.06. The first-order valence-corrected chi connectivity index (χ1v) is 9.06. The van der Waals surface area contributed by atoms with Crippen LogP contribution in [-0.4, -0.2) is 23.4 Å². The Morgan fingerprint density at radius 2 is 1.05 bits per heavy atom. The number of unbranched alkanes of at least 4 members (excludes halogenated alkanes) is 10. The topological polar surface area (TPSA) is 40.5 Å². The quantitative estimate of drug-likeness (QED) is 0.389. The molecule has 0 aromatic carbocycles. The molecule has 2 N–H and O–H groups in total. The van der Waals surface area contributed by atoms with Gasteiger partial charge in [0.1, 0.15) is 0 Å². The Labute approximate surface area is 127 Å². The Kier molecular flexibility index (Phi) is 16.9.